The maximum absolute atomic E-state index is 12.4. The third kappa shape index (κ3) is 44.2. The van der Waals surface area contributed by atoms with E-state index in [1.54, 1.807) is 0 Å². The average molecular weight is 808 g/mol. The van der Waals surface area contributed by atoms with Crippen molar-refractivity contribution in [3.63, 3.8) is 0 Å². The summed E-state index contributed by atoms with van der Waals surface area (Å²) in [4.78, 5) is 24.5. The van der Waals surface area contributed by atoms with E-state index in [1.807, 2.05) is 0 Å². The molecule has 0 aromatic carbocycles. The Labute approximate surface area is 356 Å². The van der Waals surface area contributed by atoms with E-state index in [9.17, 15) is 19.8 Å². The van der Waals surface area contributed by atoms with E-state index in [2.05, 4.69) is 19.2 Å². The Morgan fingerprint density at radius 1 is 0.421 bits per heavy atom. The number of aliphatic hydroxyl groups is 2. The molecule has 0 heterocycles. The first-order valence-corrected chi connectivity index (χ1v) is 25.8. The van der Waals surface area contributed by atoms with Crippen molar-refractivity contribution in [3.05, 3.63) is 0 Å². The van der Waals surface area contributed by atoms with Crippen molar-refractivity contribution < 1.29 is 24.5 Å². The Morgan fingerprint density at radius 3 is 1.07 bits per heavy atom. The summed E-state index contributed by atoms with van der Waals surface area (Å²) in [5.74, 6) is -0.0704. The van der Waals surface area contributed by atoms with Crippen LogP contribution in [0.5, 0.6) is 0 Å². The summed E-state index contributed by atoms with van der Waals surface area (Å²) < 4.78 is 5.46. The van der Waals surface area contributed by atoms with E-state index in [-0.39, 0.29) is 18.5 Å². The van der Waals surface area contributed by atoms with Gasteiger partial charge in [0.15, 0.2) is 0 Å². The summed E-state index contributed by atoms with van der Waals surface area (Å²) in [7, 11) is 0. The summed E-state index contributed by atoms with van der Waals surface area (Å²) >= 11 is 0. The fourth-order valence-electron chi connectivity index (χ4n) is 8.17. The highest BCUT2D eigenvalue weighted by atomic mass is 16.5. The number of nitrogens with one attached hydrogen (secondary N) is 1. The van der Waals surface area contributed by atoms with Gasteiger partial charge in [0, 0.05) is 12.8 Å². The van der Waals surface area contributed by atoms with Gasteiger partial charge in [-0.1, -0.05) is 251 Å². The smallest absolute Gasteiger partial charge is 0.305 e. The second-order valence-corrected chi connectivity index (χ2v) is 17.9. The number of unbranched alkanes of at least 4 members (excludes halogenated alkanes) is 37. The van der Waals surface area contributed by atoms with Gasteiger partial charge >= 0.3 is 5.97 Å². The van der Waals surface area contributed by atoms with Crippen LogP contribution in [0.1, 0.15) is 290 Å². The molecular weight excluding hydrogens is 707 g/mol. The topological polar surface area (TPSA) is 95.9 Å². The van der Waals surface area contributed by atoms with Gasteiger partial charge in [0.25, 0.3) is 0 Å². The maximum Gasteiger partial charge on any atom is 0.305 e. The summed E-state index contributed by atoms with van der Waals surface area (Å²) in [5, 5.41) is 23.2. The van der Waals surface area contributed by atoms with Crippen molar-refractivity contribution in [2.45, 2.75) is 302 Å². The second kappa shape index (κ2) is 47.5. The molecule has 1 amide bonds. The van der Waals surface area contributed by atoms with Crippen LogP contribution in [0.3, 0.4) is 0 Å². The highest BCUT2D eigenvalue weighted by molar-refractivity contribution is 5.76. The molecule has 0 bridgehead atoms. The van der Waals surface area contributed by atoms with Gasteiger partial charge in [0.05, 0.1) is 25.4 Å². The Morgan fingerprint density at radius 2 is 0.719 bits per heavy atom. The molecule has 2 unspecified atom stereocenters. The third-order valence-corrected chi connectivity index (χ3v) is 12.2. The molecule has 0 aliphatic heterocycles. The molecule has 6 heteroatoms. The van der Waals surface area contributed by atoms with Gasteiger partial charge in [0.1, 0.15) is 0 Å². The normalized spacial score (nSPS) is 12.6. The lowest BCUT2D eigenvalue weighted by Gasteiger charge is -2.22. The molecule has 0 spiro atoms. The van der Waals surface area contributed by atoms with Crippen LogP contribution < -0.4 is 5.32 Å². The van der Waals surface area contributed by atoms with Crippen molar-refractivity contribution in [3.8, 4) is 0 Å². The van der Waals surface area contributed by atoms with Gasteiger partial charge < -0.3 is 20.3 Å². The van der Waals surface area contributed by atoms with E-state index in [0.29, 0.717) is 25.9 Å². The minimum Gasteiger partial charge on any atom is -0.466 e. The minimum absolute atomic E-state index is 0.0144. The number of rotatable bonds is 48. The fourth-order valence-corrected chi connectivity index (χ4v) is 8.17. The molecule has 340 valence electrons. The van der Waals surface area contributed by atoms with E-state index in [1.165, 1.54) is 199 Å². The van der Waals surface area contributed by atoms with Crippen molar-refractivity contribution in [1.82, 2.24) is 5.32 Å². The zero-order valence-electron chi connectivity index (χ0n) is 38.6. The second-order valence-electron chi connectivity index (χ2n) is 17.9. The molecule has 0 aliphatic carbocycles. The molecule has 0 radical (unpaired) electrons. The van der Waals surface area contributed by atoms with Gasteiger partial charge in [0.2, 0.25) is 5.91 Å². The van der Waals surface area contributed by atoms with E-state index in [4.69, 9.17) is 4.74 Å². The maximum atomic E-state index is 12.4. The van der Waals surface area contributed by atoms with Crippen molar-refractivity contribution >= 4 is 11.9 Å². The van der Waals surface area contributed by atoms with Crippen LogP contribution in [0.25, 0.3) is 0 Å². The van der Waals surface area contributed by atoms with Gasteiger partial charge in [-0.05, 0) is 25.7 Å². The lowest BCUT2D eigenvalue weighted by Crippen LogP contribution is -2.45. The fraction of sp³-hybridized carbons (Fsp3) is 0.961. The quantitative estimate of drug-likeness (QED) is 0.0420. The number of carbonyl (C=O) groups is 2. The van der Waals surface area contributed by atoms with Gasteiger partial charge in [-0.15, -0.1) is 0 Å². The number of ether oxygens (including phenoxy) is 1. The molecule has 0 aromatic heterocycles. The number of esters is 1. The summed E-state index contributed by atoms with van der Waals surface area (Å²) in [6.45, 7) is 4.91. The predicted octanol–water partition coefficient (Wildman–Crippen LogP) is 15.2. The molecule has 57 heavy (non-hydrogen) atoms. The first-order valence-electron chi connectivity index (χ1n) is 25.8. The Kier molecular flexibility index (Phi) is 46.6. The average Bonchev–Trinajstić information content (AvgIpc) is 3.21. The zero-order valence-corrected chi connectivity index (χ0v) is 38.6. The first-order chi connectivity index (χ1) is 28.0. The zero-order chi connectivity index (χ0) is 41.5. The van der Waals surface area contributed by atoms with Crippen LogP contribution in [-0.2, 0) is 14.3 Å². The largest absolute Gasteiger partial charge is 0.466 e. The van der Waals surface area contributed by atoms with Crippen LogP contribution in [0.15, 0.2) is 0 Å². The molecular formula is C51H101NO5. The van der Waals surface area contributed by atoms with Crippen LogP contribution in [0, 0.1) is 0 Å². The highest BCUT2D eigenvalue weighted by Gasteiger charge is 2.20. The van der Waals surface area contributed by atoms with E-state index < -0.39 is 12.1 Å². The van der Waals surface area contributed by atoms with Gasteiger partial charge in [-0.25, -0.2) is 0 Å². The summed E-state index contributed by atoms with van der Waals surface area (Å²) in [6, 6.07) is -0.555. The molecule has 0 saturated heterocycles. The summed E-state index contributed by atoms with van der Waals surface area (Å²) in [5.41, 5.74) is 0. The predicted molar refractivity (Wildman–Crippen MR) is 246 cm³/mol. The lowest BCUT2D eigenvalue weighted by atomic mass is 10.0. The molecule has 3 N–H and O–H groups in total. The molecule has 2 atom stereocenters. The SMILES string of the molecule is CCCCCCCCCCCCCCCCCCCC(=O)OCCCCCCCCCCCCC(=O)NC(CO)C(O)CCCCCCCCCCCCCCC. The molecule has 0 rings (SSSR count). The Balaban J connectivity index is 3.44. The van der Waals surface area contributed by atoms with E-state index >= 15 is 0 Å². The van der Waals surface area contributed by atoms with Crippen LogP contribution >= 0.6 is 0 Å². The molecule has 0 aromatic rings. The number of amides is 1. The number of aliphatic hydroxyl groups excluding tert-OH is 2. The standard InChI is InChI=1S/C51H101NO5/c1-3-5-7-9-11-13-15-17-18-19-20-22-24-29-33-37-41-45-51(56)57-46-42-38-34-30-26-25-28-32-36-40-44-50(55)52-48(47-53)49(54)43-39-35-31-27-23-21-16-14-12-10-8-6-4-2/h48-49,53-54H,3-47H2,1-2H3,(H,52,55). The van der Waals surface area contributed by atoms with E-state index in [0.717, 1.165) is 57.8 Å². The van der Waals surface area contributed by atoms with Crippen molar-refractivity contribution in [2.75, 3.05) is 13.2 Å². The van der Waals surface area contributed by atoms with Gasteiger partial charge in [-0.2, -0.15) is 0 Å². The Hall–Kier alpha value is -1.14. The molecule has 0 aliphatic rings. The molecule has 0 fully saturated rings. The summed E-state index contributed by atoms with van der Waals surface area (Å²) in [6.07, 6.45) is 52.1. The number of hydrogen-bond donors (Lipinski definition) is 3. The highest BCUT2D eigenvalue weighted by Crippen LogP contribution is 2.17. The molecule has 6 nitrogen and oxygen atoms in total. The number of carbonyl (C=O) groups excluding carboxylic acids is 2. The third-order valence-electron chi connectivity index (χ3n) is 12.2. The number of hydrogen-bond acceptors (Lipinski definition) is 5. The first kappa shape index (κ1) is 55.9. The van der Waals surface area contributed by atoms with Crippen LogP contribution in [0.4, 0.5) is 0 Å². The Bertz CT molecular complexity index is 806. The lowest BCUT2D eigenvalue weighted by molar-refractivity contribution is -0.143. The van der Waals surface area contributed by atoms with Gasteiger partial charge in [-0.3, -0.25) is 9.59 Å². The van der Waals surface area contributed by atoms with Crippen LogP contribution in [-0.4, -0.2) is 47.4 Å². The monoisotopic (exact) mass is 808 g/mol. The van der Waals surface area contributed by atoms with Crippen LogP contribution in [0.2, 0.25) is 0 Å². The van der Waals surface area contributed by atoms with Crippen molar-refractivity contribution in [1.29, 1.82) is 0 Å². The minimum atomic E-state index is -0.676. The van der Waals surface area contributed by atoms with Crippen molar-refractivity contribution in [2.24, 2.45) is 0 Å². The molecule has 0 saturated carbocycles.